The van der Waals surface area contributed by atoms with Gasteiger partial charge < -0.3 is 20.4 Å². The summed E-state index contributed by atoms with van der Waals surface area (Å²) in [7, 11) is 0. The van der Waals surface area contributed by atoms with Gasteiger partial charge >= 0.3 is 0 Å². The molecule has 3 aromatic rings. The van der Waals surface area contributed by atoms with Crippen LogP contribution >= 0.6 is 0 Å². The summed E-state index contributed by atoms with van der Waals surface area (Å²) < 4.78 is 28.9. The number of halogens is 2. The summed E-state index contributed by atoms with van der Waals surface area (Å²) in [6.07, 6.45) is 9.71. The van der Waals surface area contributed by atoms with Gasteiger partial charge in [0.1, 0.15) is 28.8 Å². The molecule has 3 heterocycles. The van der Waals surface area contributed by atoms with E-state index in [1.54, 1.807) is 0 Å². The van der Waals surface area contributed by atoms with Crippen LogP contribution in [-0.4, -0.2) is 44.3 Å². The Labute approximate surface area is 221 Å². The third kappa shape index (κ3) is 7.26. The van der Waals surface area contributed by atoms with Crippen LogP contribution in [0.3, 0.4) is 0 Å². The van der Waals surface area contributed by atoms with E-state index in [9.17, 15) is 18.4 Å². The van der Waals surface area contributed by atoms with Gasteiger partial charge in [0.25, 0.3) is 11.8 Å². The molecule has 1 saturated carbocycles. The number of fused-ring (bicyclic) bond motifs is 1. The van der Waals surface area contributed by atoms with Gasteiger partial charge in [-0.3, -0.25) is 9.59 Å². The predicted octanol–water partition coefficient (Wildman–Crippen LogP) is 5.11. The molecule has 0 bridgehead atoms. The number of carbonyl (C=O) groups excluding carboxylic acids is 2. The van der Waals surface area contributed by atoms with Crippen LogP contribution in [0.5, 0.6) is 0 Å². The van der Waals surface area contributed by atoms with Gasteiger partial charge in [-0.2, -0.15) is 0 Å². The Morgan fingerprint density at radius 1 is 0.974 bits per heavy atom. The van der Waals surface area contributed by atoms with Gasteiger partial charge in [-0.1, -0.05) is 26.7 Å². The largest absolute Gasteiger partial charge is 0.367 e. The lowest BCUT2D eigenvalue weighted by Gasteiger charge is -2.29. The first-order valence-electron chi connectivity index (χ1n) is 13.4. The van der Waals surface area contributed by atoms with Crippen molar-refractivity contribution in [2.75, 3.05) is 5.32 Å². The van der Waals surface area contributed by atoms with Crippen LogP contribution < -0.4 is 16.0 Å². The topological polar surface area (TPSA) is 100 Å². The zero-order valence-corrected chi connectivity index (χ0v) is 22.1. The van der Waals surface area contributed by atoms with E-state index >= 15 is 0 Å². The number of carbonyl (C=O) groups is 2. The molecule has 2 amide bonds. The molecule has 8 nitrogen and oxygen atoms in total. The first-order valence-corrected chi connectivity index (χ1v) is 13.4. The number of rotatable bonds is 10. The van der Waals surface area contributed by atoms with Crippen molar-refractivity contribution in [2.24, 2.45) is 5.92 Å². The van der Waals surface area contributed by atoms with E-state index in [-0.39, 0.29) is 41.2 Å². The normalized spacial score (nSPS) is 18.4. The first-order chi connectivity index (χ1) is 18.2. The maximum Gasteiger partial charge on any atom is 0.271 e. The number of aromatic nitrogens is 3. The van der Waals surface area contributed by atoms with Gasteiger partial charge in [0, 0.05) is 30.5 Å². The summed E-state index contributed by atoms with van der Waals surface area (Å²) in [5.41, 5.74) is 0.913. The second-order valence-electron chi connectivity index (χ2n) is 10.7. The van der Waals surface area contributed by atoms with E-state index in [0.29, 0.717) is 43.1 Å². The molecule has 0 aliphatic heterocycles. The Balaban J connectivity index is 1.29. The molecule has 4 rings (SSSR count). The number of nitrogens with zero attached hydrogens (tertiary/aromatic N) is 3. The minimum absolute atomic E-state index is 0.0584. The van der Waals surface area contributed by atoms with E-state index < -0.39 is 11.6 Å². The van der Waals surface area contributed by atoms with Crippen molar-refractivity contribution in [1.82, 2.24) is 25.0 Å². The molecule has 1 atom stereocenters. The number of anilines is 1. The molecule has 1 aliphatic rings. The van der Waals surface area contributed by atoms with Crippen LogP contribution in [0.1, 0.15) is 86.6 Å². The fraction of sp³-hybridized carbons (Fsp3) is 0.500. The molecule has 0 saturated heterocycles. The van der Waals surface area contributed by atoms with Crippen LogP contribution in [0.2, 0.25) is 0 Å². The number of nitrogens with one attached hydrogen (secondary N) is 3. The molecule has 3 N–H and O–H groups in total. The number of pyridine rings is 2. The van der Waals surface area contributed by atoms with Crippen molar-refractivity contribution in [3.8, 4) is 0 Å². The zero-order chi connectivity index (χ0) is 27.2. The molecule has 0 aromatic carbocycles. The zero-order valence-electron chi connectivity index (χ0n) is 22.1. The third-order valence-electron chi connectivity index (χ3n) is 6.95. The summed E-state index contributed by atoms with van der Waals surface area (Å²) >= 11 is 0. The van der Waals surface area contributed by atoms with Crippen LogP contribution in [0, 0.1) is 17.6 Å². The van der Waals surface area contributed by atoms with E-state index in [4.69, 9.17) is 0 Å². The maximum absolute atomic E-state index is 14.0. The smallest absolute Gasteiger partial charge is 0.271 e. The van der Waals surface area contributed by atoms with Gasteiger partial charge in [0.05, 0.1) is 11.8 Å². The number of amides is 2. The molecule has 38 heavy (non-hydrogen) atoms. The molecule has 1 unspecified atom stereocenters. The minimum Gasteiger partial charge on any atom is -0.367 e. The first kappa shape index (κ1) is 27.5. The number of hydrogen-bond acceptors (Lipinski definition) is 5. The van der Waals surface area contributed by atoms with Crippen molar-refractivity contribution >= 4 is 23.3 Å². The van der Waals surface area contributed by atoms with Crippen molar-refractivity contribution in [3.63, 3.8) is 0 Å². The summed E-state index contributed by atoms with van der Waals surface area (Å²) in [5, 5.41) is 9.27. The van der Waals surface area contributed by atoms with Crippen LogP contribution in [0.25, 0.3) is 5.65 Å². The summed E-state index contributed by atoms with van der Waals surface area (Å²) in [6.45, 7) is 6.41. The Kier molecular flexibility index (Phi) is 8.91. The standard InChI is InChI=1S/C28H36F2N6O2/c1-17(2)5-4-6-18(3)32-26-23(13-20(30)14-31-26)27(37)33-21-8-10-22(11-9-21)34-28(38)24-16-36-15-19(29)7-12-25(36)35-24/h7,12-18,21-22H,4-6,8-11H2,1-3H3,(H,31,32)(H,33,37)(H,34,38). The second-order valence-corrected chi connectivity index (χ2v) is 10.7. The Morgan fingerprint density at radius 3 is 2.34 bits per heavy atom. The monoisotopic (exact) mass is 526 g/mol. The fourth-order valence-electron chi connectivity index (χ4n) is 4.84. The third-order valence-corrected chi connectivity index (χ3v) is 6.95. The molecule has 0 radical (unpaired) electrons. The molecule has 1 aliphatic carbocycles. The highest BCUT2D eigenvalue weighted by Crippen LogP contribution is 2.22. The molecule has 10 heteroatoms. The van der Waals surface area contributed by atoms with Crippen molar-refractivity contribution in [1.29, 1.82) is 0 Å². The molecule has 1 fully saturated rings. The predicted molar refractivity (Wildman–Crippen MR) is 142 cm³/mol. The lowest BCUT2D eigenvalue weighted by Crippen LogP contribution is -2.44. The highest BCUT2D eigenvalue weighted by atomic mass is 19.1. The summed E-state index contributed by atoms with van der Waals surface area (Å²) in [4.78, 5) is 34.1. The SMILES string of the molecule is CC(C)CCCC(C)Nc1ncc(F)cc1C(=O)NC1CCC(NC(=O)c2cn3cc(F)ccc3n2)CC1. The van der Waals surface area contributed by atoms with Gasteiger partial charge in [-0.25, -0.2) is 18.7 Å². The Hall–Kier alpha value is -3.56. The highest BCUT2D eigenvalue weighted by molar-refractivity contribution is 5.99. The molecular weight excluding hydrogens is 490 g/mol. The van der Waals surface area contributed by atoms with E-state index in [1.807, 2.05) is 6.92 Å². The average molecular weight is 527 g/mol. The molecule has 204 valence electrons. The van der Waals surface area contributed by atoms with E-state index in [0.717, 1.165) is 25.5 Å². The summed E-state index contributed by atoms with van der Waals surface area (Å²) in [6, 6.07) is 3.99. The minimum atomic E-state index is -0.561. The quantitative estimate of drug-likeness (QED) is 0.341. The number of hydrogen-bond donors (Lipinski definition) is 3. The average Bonchev–Trinajstić information content (AvgIpc) is 3.29. The van der Waals surface area contributed by atoms with Crippen LogP contribution in [0.15, 0.2) is 36.8 Å². The lowest BCUT2D eigenvalue weighted by molar-refractivity contribution is 0.0889. The lowest BCUT2D eigenvalue weighted by atomic mass is 9.91. The highest BCUT2D eigenvalue weighted by Gasteiger charge is 2.26. The summed E-state index contributed by atoms with van der Waals surface area (Å²) in [5.74, 6) is -0.629. The van der Waals surface area contributed by atoms with Gasteiger partial charge in [-0.15, -0.1) is 0 Å². The fourth-order valence-corrected chi connectivity index (χ4v) is 4.84. The van der Waals surface area contributed by atoms with Crippen LogP contribution in [0.4, 0.5) is 14.6 Å². The van der Waals surface area contributed by atoms with Gasteiger partial charge in [-0.05, 0) is 63.1 Å². The molecule has 0 spiro atoms. The van der Waals surface area contributed by atoms with Crippen molar-refractivity contribution in [3.05, 3.63) is 59.7 Å². The Bertz CT molecular complexity index is 1270. The number of imidazole rings is 1. The Morgan fingerprint density at radius 2 is 1.66 bits per heavy atom. The van der Waals surface area contributed by atoms with Gasteiger partial charge in [0.15, 0.2) is 0 Å². The molecular formula is C28H36F2N6O2. The maximum atomic E-state index is 14.0. The van der Waals surface area contributed by atoms with E-state index in [1.165, 1.54) is 35.0 Å². The second kappa shape index (κ2) is 12.3. The van der Waals surface area contributed by atoms with E-state index in [2.05, 4.69) is 39.8 Å². The molecule has 3 aromatic heterocycles. The van der Waals surface area contributed by atoms with Crippen LogP contribution in [-0.2, 0) is 0 Å². The van der Waals surface area contributed by atoms with Crippen molar-refractivity contribution < 1.29 is 18.4 Å². The van der Waals surface area contributed by atoms with Crippen molar-refractivity contribution in [2.45, 2.75) is 83.8 Å². The van der Waals surface area contributed by atoms with Gasteiger partial charge in [0.2, 0.25) is 0 Å².